The zero-order valence-electron chi connectivity index (χ0n) is 10.3. The van der Waals surface area contributed by atoms with E-state index >= 15 is 0 Å². The first-order chi connectivity index (χ1) is 9.51. The van der Waals surface area contributed by atoms with Gasteiger partial charge in [0.25, 0.3) is 5.69 Å². The van der Waals surface area contributed by atoms with E-state index in [9.17, 15) is 19.7 Å². The van der Waals surface area contributed by atoms with Crippen LogP contribution in [0.3, 0.4) is 0 Å². The third-order valence-electron chi connectivity index (χ3n) is 2.89. The summed E-state index contributed by atoms with van der Waals surface area (Å²) < 4.78 is 0. The molecule has 0 aromatic heterocycles. The third kappa shape index (κ3) is 2.72. The van der Waals surface area contributed by atoms with Crippen LogP contribution in [0.1, 0.15) is 18.4 Å². The highest BCUT2D eigenvalue weighted by molar-refractivity contribution is 6.01. The molecular weight excluding hydrogens is 264 g/mol. The van der Waals surface area contributed by atoms with Crippen molar-refractivity contribution in [2.24, 2.45) is 0 Å². The highest BCUT2D eigenvalue weighted by Gasteiger charge is 2.26. The number of hydrogen-bond donors (Lipinski definition) is 2. The van der Waals surface area contributed by atoms with E-state index in [0.717, 1.165) is 0 Å². The summed E-state index contributed by atoms with van der Waals surface area (Å²) in [5.74, 6) is -0.799. The monoisotopic (exact) mass is 274 g/mol. The van der Waals surface area contributed by atoms with E-state index in [1.165, 1.54) is 18.2 Å². The molecule has 1 aliphatic rings. The van der Waals surface area contributed by atoms with Gasteiger partial charge in [-0.25, -0.2) is 0 Å². The summed E-state index contributed by atoms with van der Waals surface area (Å²) in [6.07, 6.45) is 0.528. The molecule has 0 radical (unpaired) electrons. The number of piperidine rings is 1. The van der Waals surface area contributed by atoms with E-state index in [2.05, 4.69) is 10.6 Å². The van der Waals surface area contributed by atoms with Crippen LogP contribution >= 0.6 is 0 Å². The molecule has 1 atom stereocenters. The highest BCUT2D eigenvalue weighted by atomic mass is 16.6. The van der Waals surface area contributed by atoms with Crippen molar-refractivity contribution in [1.82, 2.24) is 5.32 Å². The smallest absolute Gasteiger partial charge is 0.289 e. The molecule has 0 saturated carbocycles. The summed E-state index contributed by atoms with van der Waals surface area (Å²) in [4.78, 5) is 32.8. The zero-order valence-corrected chi connectivity index (χ0v) is 10.3. The predicted octanol–water partition coefficient (Wildman–Crippen LogP) is 0.684. The number of anilines is 1. The number of nitro groups is 1. The molecule has 1 aromatic rings. The summed E-state index contributed by atoms with van der Waals surface area (Å²) in [5.41, 5.74) is -0.0289. The minimum Gasteiger partial charge on any atom is -0.373 e. The lowest BCUT2D eigenvalue weighted by molar-refractivity contribution is -0.385. The summed E-state index contributed by atoms with van der Waals surface area (Å²) in [6, 6.07) is 5.09. The molecule has 1 aliphatic heterocycles. The van der Waals surface area contributed by atoms with E-state index in [1.54, 1.807) is 6.07 Å². The Bertz CT molecular complexity index is 635. The maximum absolute atomic E-state index is 11.6. The van der Waals surface area contributed by atoms with Gasteiger partial charge in [0, 0.05) is 18.2 Å². The van der Waals surface area contributed by atoms with Gasteiger partial charge in [-0.15, -0.1) is 0 Å². The van der Waals surface area contributed by atoms with Gasteiger partial charge in [-0.1, -0.05) is 0 Å². The van der Waals surface area contributed by atoms with E-state index in [0.29, 0.717) is 12.1 Å². The first kappa shape index (κ1) is 13.5. The van der Waals surface area contributed by atoms with Gasteiger partial charge >= 0.3 is 0 Å². The Balaban J connectivity index is 2.20. The molecule has 8 nitrogen and oxygen atoms in total. The second-order valence-electron chi connectivity index (χ2n) is 4.25. The maximum atomic E-state index is 11.6. The van der Waals surface area contributed by atoms with E-state index in [1.807, 2.05) is 0 Å². The van der Waals surface area contributed by atoms with Crippen LogP contribution in [-0.2, 0) is 9.59 Å². The fourth-order valence-electron chi connectivity index (χ4n) is 1.90. The first-order valence-electron chi connectivity index (χ1n) is 5.80. The van der Waals surface area contributed by atoms with Crippen LogP contribution < -0.4 is 10.6 Å². The number of nitrogens with one attached hydrogen (secondary N) is 2. The number of benzene rings is 1. The molecule has 2 amide bonds. The third-order valence-corrected chi connectivity index (χ3v) is 2.89. The molecule has 1 unspecified atom stereocenters. The van der Waals surface area contributed by atoms with Crippen molar-refractivity contribution in [3.05, 3.63) is 33.9 Å². The molecule has 0 bridgehead atoms. The standard InChI is InChI=1S/C12H10N4O4/c13-6-7-1-2-8(5-10(7)16(19)20)14-9-3-4-11(17)15-12(9)18/h1-2,5,9,14H,3-4H2,(H,15,17,18). The van der Waals surface area contributed by atoms with Crippen LogP contribution in [0.4, 0.5) is 11.4 Å². The molecule has 102 valence electrons. The van der Waals surface area contributed by atoms with Crippen LogP contribution in [0.5, 0.6) is 0 Å². The Morgan fingerprint density at radius 1 is 1.45 bits per heavy atom. The number of amides is 2. The maximum Gasteiger partial charge on any atom is 0.289 e. The van der Waals surface area contributed by atoms with Crippen LogP contribution in [0.25, 0.3) is 0 Å². The lowest BCUT2D eigenvalue weighted by Crippen LogP contribution is -2.47. The Hall–Kier alpha value is -2.95. The quantitative estimate of drug-likeness (QED) is 0.474. The Labute approximate surface area is 113 Å². The normalized spacial score (nSPS) is 18.1. The number of imide groups is 1. The molecule has 1 saturated heterocycles. The van der Waals surface area contributed by atoms with Gasteiger partial charge in [0.15, 0.2) is 0 Å². The largest absolute Gasteiger partial charge is 0.373 e. The molecule has 1 heterocycles. The van der Waals surface area contributed by atoms with Gasteiger partial charge in [-0.2, -0.15) is 5.26 Å². The van der Waals surface area contributed by atoms with Gasteiger partial charge < -0.3 is 5.32 Å². The van der Waals surface area contributed by atoms with Gasteiger partial charge in [-0.05, 0) is 18.6 Å². The number of carbonyl (C=O) groups is 2. The van der Waals surface area contributed by atoms with E-state index in [4.69, 9.17) is 5.26 Å². The minimum atomic E-state index is -0.659. The lowest BCUT2D eigenvalue weighted by Gasteiger charge is -2.22. The van der Waals surface area contributed by atoms with Gasteiger partial charge in [-0.3, -0.25) is 25.0 Å². The fourth-order valence-corrected chi connectivity index (χ4v) is 1.90. The Morgan fingerprint density at radius 3 is 2.80 bits per heavy atom. The topological polar surface area (TPSA) is 125 Å². The molecule has 8 heteroatoms. The SMILES string of the molecule is N#Cc1ccc(NC2CCC(=O)NC2=O)cc1[N+](=O)[O-]. The summed E-state index contributed by atoms with van der Waals surface area (Å²) in [7, 11) is 0. The second-order valence-corrected chi connectivity index (χ2v) is 4.25. The van der Waals surface area contributed by atoms with Crippen molar-refractivity contribution in [1.29, 1.82) is 5.26 Å². The molecular formula is C12H10N4O4. The summed E-state index contributed by atoms with van der Waals surface area (Å²) in [5, 5.41) is 24.6. The number of rotatable bonds is 3. The molecule has 0 spiro atoms. The zero-order chi connectivity index (χ0) is 14.7. The minimum absolute atomic E-state index is 0.0520. The highest BCUT2D eigenvalue weighted by Crippen LogP contribution is 2.23. The number of carbonyl (C=O) groups excluding carboxylic acids is 2. The number of nitriles is 1. The van der Waals surface area contributed by atoms with E-state index in [-0.39, 0.29) is 23.6 Å². The first-order valence-corrected chi connectivity index (χ1v) is 5.80. The Morgan fingerprint density at radius 2 is 2.20 bits per heavy atom. The number of nitrogens with zero attached hydrogens (tertiary/aromatic N) is 2. The molecule has 20 heavy (non-hydrogen) atoms. The fraction of sp³-hybridized carbons (Fsp3) is 0.250. The molecule has 1 fully saturated rings. The van der Waals surface area contributed by atoms with Crippen molar-refractivity contribution in [2.75, 3.05) is 5.32 Å². The van der Waals surface area contributed by atoms with Crippen molar-refractivity contribution < 1.29 is 14.5 Å². The number of nitro benzene ring substituents is 1. The summed E-state index contributed by atoms with van der Waals surface area (Å²) >= 11 is 0. The van der Waals surface area contributed by atoms with Gasteiger partial charge in [0.1, 0.15) is 17.7 Å². The molecule has 2 rings (SSSR count). The van der Waals surface area contributed by atoms with Crippen molar-refractivity contribution >= 4 is 23.2 Å². The van der Waals surface area contributed by atoms with E-state index < -0.39 is 16.9 Å². The lowest BCUT2D eigenvalue weighted by atomic mass is 10.1. The van der Waals surface area contributed by atoms with Crippen LogP contribution in [0.15, 0.2) is 18.2 Å². The van der Waals surface area contributed by atoms with Gasteiger partial charge in [0.2, 0.25) is 11.8 Å². The predicted molar refractivity (Wildman–Crippen MR) is 67.6 cm³/mol. The average Bonchev–Trinajstić information content (AvgIpc) is 2.41. The average molecular weight is 274 g/mol. The van der Waals surface area contributed by atoms with Crippen molar-refractivity contribution in [2.45, 2.75) is 18.9 Å². The molecule has 1 aromatic carbocycles. The van der Waals surface area contributed by atoms with Crippen molar-refractivity contribution in [3.8, 4) is 6.07 Å². The molecule has 0 aliphatic carbocycles. The van der Waals surface area contributed by atoms with Crippen LogP contribution in [0.2, 0.25) is 0 Å². The second kappa shape index (κ2) is 5.36. The number of hydrogen-bond acceptors (Lipinski definition) is 6. The Kier molecular flexibility index (Phi) is 3.61. The molecule has 2 N–H and O–H groups in total. The van der Waals surface area contributed by atoms with Crippen molar-refractivity contribution in [3.63, 3.8) is 0 Å². The van der Waals surface area contributed by atoms with Gasteiger partial charge in [0.05, 0.1) is 4.92 Å². The van der Waals surface area contributed by atoms with Crippen LogP contribution in [-0.4, -0.2) is 22.8 Å². The summed E-state index contributed by atoms with van der Waals surface area (Å²) in [6.45, 7) is 0. The van der Waals surface area contributed by atoms with Crippen LogP contribution in [0, 0.1) is 21.4 Å².